The van der Waals surface area contributed by atoms with Crippen LogP contribution < -0.4 is 0 Å². The van der Waals surface area contributed by atoms with Crippen molar-refractivity contribution in [3.05, 3.63) is 176 Å². The smallest absolute Gasteiger partial charge is 0.223 e. The Bertz CT molecular complexity index is 2440. The number of rotatable bonds is 8. The van der Waals surface area contributed by atoms with Crippen molar-refractivity contribution in [3.63, 3.8) is 0 Å². The highest BCUT2D eigenvalue weighted by Gasteiger charge is 2.18. The van der Waals surface area contributed by atoms with Crippen molar-refractivity contribution in [2.24, 2.45) is 0 Å². The summed E-state index contributed by atoms with van der Waals surface area (Å²) < 4.78 is 6.48. The number of oxazole rings is 1. The van der Waals surface area contributed by atoms with Gasteiger partial charge in [0.15, 0.2) is 11.4 Å². The number of nitrogens with zero attached hydrogens (tertiary/aromatic N) is 3. The van der Waals surface area contributed by atoms with Crippen molar-refractivity contribution in [1.29, 1.82) is 0 Å². The summed E-state index contributed by atoms with van der Waals surface area (Å²) in [4.78, 5) is 15.0. The zero-order valence-electron chi connectivity index (χ0n) is 27.0. The minimum atomic E-state index is 0.670. The van der Waals surface area contributed by atoms with E-state index in [9.17, 15) is 0 Å². The normalized spacial score (nSPS) is 13.1. The van der Waals surface area contributed by atoms with Crippen LogP contribution in [0.1, 0.15) is 24.4 Å². The molecule has 0 saturated heterocycles. The number of hydrogen-bond acceptors (Lipinski definition) is 4. The Hall–Kier alpha value is -6.39. The summed E-state index contributed by atoms with van der Waals surface area (Å²) in [6.45, 7) is 3.78. The van der Waals surface area contributed by atoms with Crippen LogP contribution in [0, 0.1) is 0 Å². The van der Waals surface area contributed by atoms with Crippen LogP contribution in [0.3, 0.4) is 0 Å². The number of aromatic nitrogens is 3. The molecule has 49 heavy (non-hydrogen) atoms. The fraction of sp³-hybridized carbons (Fsp3) is 0.0444. The average molecular weight is 632 g/mol. The van der Waals surface area contributed by atoms with E-state index in [1.54, 1.807) is 6.08 Å². The molecule has 5 aromatic carbocycles. The van der Waals surface area contributed by atoms with Gasteiger partial charge in [-0.3, -0.25) is 0 Å². The molecule has 0 spiro atoms. The van der Waals surface area contributed by atoms with Gasteiger partial charge >= 0.3 is 0 Å². The van der Waals surface area contributed by atoms with Crippen molar-refractivity contribution >= 4 is 33.5 Å². The fourth-order valence-corrected chi connectivity index (χ4v) is 6.39. The Kier molecular flexibility index (Phi) is 8.19. The zero-order chi connectivity index (χ0) is 33.0. The minimum absolute atomic E-state index is 0.670. The first-order valence-electron chi connectivity index (χ1n) is 16.5. The lowest BCUT2D eigenvalue weighted by molar-refractivity contribution is 0.581. The molecule has 0 fully saturated rings. The van der Waals surface area contributed by atoms with E-state index in [-0.39, 0.29) is 0 Å². The van der Waals surface area contributed by atoms with Crippen LogP contribution in [0.2, 0.25) is 0 Å². The number of fused-ring (bicyclic) bond motifs is 2. The van der Waals surface area contributed by atoms with Gasteiger partial charge in [-0.1, -0.05) is 152 Å². The molecule has 2 heterocycles. The van der Waals surface area contributed by atoms with Gasteiger partial charge < -0.3 is 4.42 Å². The van der Waals surface area contributed by atoms with Crippen molar-refractivity contribution in [1.82, 2.24) is 15.0 Å². The zero-order valence-corrected chi connectivity index (χ0v) is 27.0. The Labute approximate surface area is 285 Å². The molecule has 0 aliphatic heterocycles. The quantitative estimate of drug-likeness (QED) is 0.157. The standard InChI is InChI=1S/C45H33N3O/c1-2-3-4-11-19-35-30-42(47-44(46-35)33-26-24-32(25-27-33)31-15-7-5-8-16-31)39-29-28-38(36-20-12-13-21-37(36)39)40-22-14-23-41-43(40)49-45(48-41)34-17-9-6-10-18-34/h2-9,11-17,19-30H,1,10,18H2/b4-3-,19-11+. The summed E-state index contributed by atoms with van der Waals surface area (Å²) in [6, 6.07) is 39.9. The van der Waals surface area contributed by atoms with Gasteiger partial charge in [0.2, 0.25) is 5.89 Å². The predicted octanol–water partition coefficient (Wildman–Crippen LogP) is 11.9. The van der Waals surface area contributed by atoms with E-state index in [1.807, 2.05) is 36.4 Å². The highest BCUT2D eigenvalue weighted by molar-refractivity contribution is 6.08. The maximum Gasteiger partial charge on any atom is 0.223 e. The molecule has 8 rings (SSSR count). The molecule has 7 aromatic rings. The van der Waals surface area contributed by atoms with E-state index in [4.69, 9.17) is 19.4 Å². The van der Waals surface area contributed by atoms with Gasteiger partial charge in [0, 0.05) is 22.3 Å². The average Bonchev–Trinajstić information content (AvgIpc) is 3.62. The second kappa shape index (κ2) is 13.4. The molecule has 0 N–H and O–H groups in total. The molecule has 4 nitrogen and oxygen atoms in total. The number of benzene rings is 5. The SMILES string of the molecule is C=C/C=C\C=C\c1cc(-c2ccc(-c3cccc4nc(C5=CC=CCC5)oc34)c3ccccc23)nc(-c2ccc(-c3ccccc3)cc2)n1. The lowest BCUT2D eigenvalue weighted by Gasteiger charge is -2.13. The van der Waals surface area contributed by atoms with Gasteiger partial charge in [0.05, 0.1) is 11.4 Å². The summed E-state index contributed by atoms with van der Waals surface area (Å²) in [7, 11) is 0. The van der Waals surface area contributed by atoms with Crippen LogP contribution in [0.15, 0.2) is 169 Å². The first kappa shape index (κ1) is 30.0. The lowest BCUT2D eigenvalue weighted by Crippen LogP contribution is -1.96. The monoisotopic (exact) mass is 631 g/mol. The van der Waals surface area contributed by atoms with Crippen molar-refractivity contribution in [2.45, 2.75) is 12.8 Å². The lowest BCUT2D eigenvalue weighted by atomic mass is 9.93. The van der Waals surface area contributed by atoms with E-state index in [1.165, 1.54) is 5.56 Å². The van der Waals surface area contributed by atoms with Crippen LogP contribution in [-0.4, -0.2) is 15.0 Å². The molecule has 0 bridgehead atoms. The molecular formula is C45H33N3O. The third kappa shape index (κ3) is 6.08. The molecule has 0 amide bonds. The van der Waals surface area contributed by atoms with E-state index < -0.39 is 0 Å². The second-order valence-corrected chi connectivity index (χ2v) is 12.0. The summed E-state index contributed by atoms with van der Waals surface area (Å²) in [6.07, 6.45) is 17.9. The summed E-state index contributed by atoms with van der Waals surface area (Å²) in [5.74, 6) is 1.37. The van der Waals surface area contributed by atoms with Crippen molar-refractivity contribution in [3.8, 4) is 44.9 Å². The molecule has 0 saturated carbocycles. The maximum absolute atomic E-state index is 6.48. The van der Waals surface area contributed by atoms with E-state index in [0.29, 0.717) is 11.7 Å². The van der Waals surface area contributed by atoms with Gasteiger partial charge in [-0.25, -0.2) is 15.0 Å². The molecule has 2 aromatic heterocycles. The number of para-hydroxylation sites is 1. The minimum Gasteiger partial charge on any atom is -0.436 e. The Morgan fingerprint density at radius 3 is 2.18 bits per heavy atom. The summed E-state index contributed by atoms with van der Waals surface area (Å²) in [5.41, 5.74) is 10.9. The molecule has 234 valence electrons. The molecule has 1 aliphatic carbocycles. The van der Waals surface area contributed by atoms with Gasteiger partial charge in [-0.15, -0.1) is 0 Å². The van der Waals surface area contributed by atoms with Crippen molar-refractivity contribution in [2.75, 3.05) is 0 Å². The van der Waals surface area contributed by atoms with E-state index in [2.05, 4.69) is 128 Å². The van der Waals surface area contributed by atoms with E-state index >= 15 is 0 Å². The number of hydrogen-bond donors (Lipinski definition) is 0. The van der Waals surface area contributed by atoms with Crippen LogP contribution in [-0.2, 0) is 0 Å². The summed E-state index contributed by atoms with van der Waals surface area (Å²) in [5, 5.41) is 2.21. The first-order chi connectivity index (χ1) is 24.2. The van der Waals surface area contributed by atoms with Crippen LogP contribution in [0.25, 0.3) is 78.4 Å². The molecule has 0 radical (unpaired) electrons. The molecule has 0 unspecified atom stereocenters. The highest BCUT2D eigenvalue weighted by atomic mass is 16.3. The molecule has 0 atom stereocenters. The van der Waals surface area contributed by atoms with Crippen LogP contribution in [0.5, 0.6) is 0 Å². The Morgan fingerprint density at radius 1 is 0.633 bits per heavy atom. The fourth-order valence-electron chi connectivity index (χ4n) is 6.39. The highest BCUT2D eigenvalue weighted by Crippen LogP contribution is 2.39. The topological polar surface area (TPSA) is 51.8 Å². The molecule has 1 aliphatic rings. The Morgan fingerprint density at radius 2 is 1.39 bits per heavy atom. The molecular weight excluding hydrogens is 599 g/mol. The van der Waals surface area contributed by atoms with Gasteiger partial charge in [0.25, 0.3) is 0 Å². The van der Waals surface area contributed by atoms with Gasteiger partial charge in [-0.05, 0) is 58.5 Å². The van der Waals surface area contributed by atoms with Gasteiger partial charge in [-0.2, -0.15) is 0 Å². The predicted molar refractivity (Wildman–Crippen MR) is 204 cm³/mol. The third-order valence-electron chi connectivity index (χ3n) is 8.82. The Balaban J connectivity index is 1.24. The van der Waals surface area contributed by atoms with E-state index in [0.717, 1.165) is 79.5 Å². The first-order valence-corrected chi connectivity index (χ1v) is 16.5. The number of allylic oxidation sites excluding steroid dienone is 8. The van der Waals surface area contributed by atoms with Gasteiger partial charge in [0.1, 0.15) is 5.52 Å². The van der Waals surface area contributed by atoms with Crippen LogP contribution in [0.4, 0.5) is 0 Å². The van der Waals surface area contributed by atoms with Crippen LogP contribution >= 0.6 is 0 Å². The van der Waals surface area contributed by atoms with Crippen molar-refractivity contribution < 1.29 is 4.42 Å². The maximum atomic E-state index is 6.48. The summed E-state index contributed by atoms with van der Waals surface area (Å²) >= 11 is 0. The molecule has 4 heteroatoms. The second-order valence-electron chi connectivity index (χ2n) is 12.0. The third-order valence-corrected chi connectivity index (χ3v) is 8.82. The largest absolute Gasteiger partial charge is 0.436 e.